The molecule has 0 atom stereocenters. The van der Waals surface area contributed by atoms with Crippen molar-refractivity contribution in [3.05, 3.63) is 63.9 Å². The molecule has 0 unspecified atom stereocenters. The summed E-state index contributed by atoms with van der Waals surface area (Å²) in [6.45, 7) is 0. The number of H-pyrrole nitrogens is 1. The summed E-state index contributed by atoms with van der Waals surface area (Å²) >= 11 is 5.63. The number of pyridine rings is 1. The van der Waals surface area contributed by atoms with Gasteiger partial charge < -0.3 is 9.72 Å². The molecule has 2 heterocycles. The molecule has 0 aliphatic heterocycles. The summed E-state index contributed by atoms with van der Waals surface area (Å²) in [6.07, 6.45) is -2.85. The fourth-order valence-electron chi connectivity index (χ4n) is 2.58. The van der Waals surface area contributed by atoms with Crippen LogP contribution in [0.3, 0.4) is 0 Å². The molecule has 8 heteroatoms. The molecular weight excluding hydrogens is 357 g/mol. The maximum absolute atomic E-state index is 13.0. The first kappa shape index (κ1) is 17.3. The number of esters is 1. The van der Waals surface area contributed by atoms with E-state index < -0.39 is 17.7 Å². The van der Waals surface area contributed by atoms with Crippen molar-refractivity contribution < 1.29 is 22.7 Å². The number of aromatic nitrogens is 2. The monoisotopic (exact) mass is 368 g/mol. The van der Waals surface area contributed by atoms with Crippen LogP contribution in [0.1, 0.15) is 27.2 Å². The lowest BCUT2D eigenvalue weighted by Crippen LogP contribution is -2.06. The van der Waals surface area contributed by atoms with Gasteiger partial charge in [-0.1, -0.05) is 17.7 Å². The molecule has 3 aromatic rings. The van der Waals surface area contributed by atoms with Crippen LogP contribution in [-0.2, 0) is 17.3 Å². The van der Waals surface area contributed by atoms with E-state index in [-0.39, 0.29) is 11.4 Å². The van der Waals surface area contributed by atoms with E-state index in [1.165, 1.54) is 31.5 Å². The number of alkyl halides is 3. The quantitative estimate of drug-likeness (QED) is 0.687. The third-order valence-electron chi connectivity index (χ3n) is 3.71. The Morgan fingerprint density at radius 3 is 2.72 bits per heavy atom. The largest absolute Gasteiger partial charge is 0.465 e. The lowest BCUT2D eigenvalue weighted by Gasteiger charge is -2.10. The first-order chi connectivity index (χ1) is 11.8. The second-order valence-electron chi connectivity index (χ2n) is 5.39. The third kappa shape index (κ3) is 3.46. The fourth-order valence-corrected chi connectivity index (χ4v) is 2.80. The van der Waals surface area contributed by atoms with Gasteiger partial charge in [-0.2, -0.15) is 13.2 Å². The van der Waals surface area contributed by atoms with Gasteiger partial charge in [0.25, 0.3) is 0 Å². The van der Waals surface area contributed by atoms with Crippen LogP contribution < -0.4 is 0 Å². The molecule has 2 aromatic heterocycles. The Morgan fingerprint density at radius 1 is 1.28 bits per heavy atom. The third-order valence-corrected chi connectivity index (χ3v) is 4.04. The number of aromatic amines is 1. The number of hydrogen-bond donors (Lipinski definition) is 1. The maximum atomic E-state index is 13.0. The van der Waals surface area contributed by atoms with Crippen LogP contribution in [0.5, 0.6) is 0 Å². The number of hydrogen-bond acceptors (Lipinski definition) is 3. The summed E-state index contributed by atoms with van der Waals surface area (Å²) in [6, 6.07) is 6.96. The van der Waals surface area contributed by atoms with Crippen LogP contribution in [0.4, 0.5) is 13.2 Å². The molecule has 0 aliphatic carbocycles. The van der Waals surface area contributed by atoms with E-state index in [1.807, 2.05) is 0 Å². The van der Waals surface area contributed by atoms with E-state index in [9.17, 15) is 18.0 Å². The van der Waals surface area contributed by atoms with Crippen molar-refractivity contribution in [3.8, 4) is 0 Å². The van der Waals surface area contributed by atoms with Crippen molar-refractivity contribution in [2.75, 3.05) is 7.11 Å². The first-order valence-corrected chi connectivity index (χ1v) is 7.58. The molecule has 0 aliphatic rings. The molecule has 0 bridgehead atoms. The lowest BCUT2D eigenvalue weighted by atomic mass is 10.1. The van der Waals surface area contributed by atoms with Gasteiger partial charge in [0.15, 0.2) is 0 Å². The zero-order valence-electron chi connectivity index (χ0n) is 12.9. The van der Waals surface area contributed by atoms with Crippen molar-refractivity contribution in [1.29, 1.82) is 0 Å². The Hall–Kier alpha value is -2.54. The van der Waals surface area contributed by atoms with E-state index in [0.717, 1.165) is 6.07 Å². The molecule has 1 N–H and O–H groups in total. The van der Waals surface area contributed by atoms with Crippen LogP contribution in [-0.4, -0.2) is 23.0 Å². The number of nitrogens with zero attached hydrogens (tertiary/aromatic N) is 1. The Bertz CT molecular complexity index is 951. The smallest absolute Gasteiger partial charge is 0.417 e. The van der Waals surface area contributed by atoms with Gasteiger partial charge in [-0.3, -0.25) is 4.98 Å². The van der Waals surface area contributed by atoms with E-state index in [4.69, 9.17) is 16.3 Å². The molecule has 1 aromatic carbocycles. The van der Waals surface area contributed by atoms with E-state index >= 15 is 0 Å². The minimum Gasteiger partial charge on any atom is -0.465 e. The Balaban J connectivity index is 1.98. The highest BCUT2D eigenvalue weighted by Gasteiger charge is 2.33. The molecule has 130 valence electrons. The number of nitrogens with one attached hydrogen (secondary N) is 1. The number of benzene rings is 1. The van der Waals surface area contributed by atoms with Crippen LogP contribution in [0.25, 0.3) is 11.0 Å². The second-order valence-corrected chi connectivity index (χ2v) is 5.80. The number of ether oxygens (including phenoxy) is 1. The van der Waals surface area contributed by atoms with E-state index in [2.05, 4.69) is 9.97 Å². The predicted molar refractivity (Wildman–Crippen MR) is 86.7 cm³/mol. The van der Waals surface area contributed by atoms with Gasteiger partial charge in [0.2, 0.25) is 0 Å². The van der Waals surface area contributed by atoms with Gasteiger partial charge >= 0.3 is 12.1 Å². The summed E-state index contributed by atoms with van der Waals surface area (Å²) in [5, 5.41) is -0.345. The fraction of sp³-hybridized carbons (Fsp3) is 0.176. The maximum Gasteiger partial charge on any atom is 0.417 e. The van der Waals surface area contributed by atoms with Crippen LogP contribution in [0.15, 0.2) is 36.5 Å². The SMILES string of the molecule is COC(=O)c1ccnc2cc(Cc3ccc(Cl)c(C(F)(F)F)c3)[nH]c12. The highest BCUT2D eigenvalue weighted by atomic mass is 35.5. The van der Waals surface area contributed by atoms with Crippen LogP contribution in [0, 0.1) is 0 Å². The molecule has 3 rings (SSSR count). The first-order valence-electron chi connectivity index (χ1n) is 7.20. The normalized spacial score (nSPS) is 11.7. The number of methoxy groups -OCH3 is 1. The average molecular weight is 369 g/mol. The van der Waals surface area contributed by atoms with E-state index in [1.54, 1.807) is 6.07 Å². The Morgan fingerprint density at radius 2 is 2.04 bits per heavy atom. The minimum atomic E-state index is -4.52. The van der Waals surface area contributed by atoms with Crippen molar-refractivity contribution in [1.82, 2.24) is 9.97 Å². The Labute approximate surface area is 145 Å². The van der Waals surface area contributed by atoms with Gasteiger partial charge in [0, 0.05) is 18.3 Å². The lowest BCUT2D eigenvalue weighted by molar-refractivity contribution is -0.137. The molecule has 0 radical (unpaired) electrons. The zero-order valence-corrected chi connectivity index (χ0v) is 13.7. The highest BCUT2D eigenvalue weighted by Crippen LogP contribution is 2.35. The minimum absolute atomic E-state index is 0.206. The molecule has 0 saturated heterocycles. The van der Waals surface area contributed by atoms with Crippen LogP contribution in [0.2, 0.25) is 5.02 Å². The zero-order chi connectivity index (χ0) is 18.2. The van der Waals surface area contributed by atoms with Gasteiger partial charge in [-0.15, -0.1) is 0 Å². The molecular formula is C17H12ClF3N2O2. The molecule has 0 spiro atoms. The standard InChI is InChI=1S/C17H12ClF3N2O2/c1-25-16(24)11-4-5-22-14-8-10(23-15(11)14)6-9-2-3-13(18)12(7-9)17(19,20)21/h2-5,7-8,23H,6H2,1H3. The van der Waals surface area contributed by atoms with Gasteiger partial charge in [0.1, 0.15) is 0 Å². The van der Waals surface area contributed by atoms with Crippen molar-refractivity contribution >= 4 is 28.6 Å². The molecule has 0 saturated carbocycles. The molecule has 4 nitrogen and oxygen atoms in total. The van der Waals surface area contributed by atoms with Gasteiger partial charge in [-0.25, -0.2) is 4.79 Å². The molecule has 0 fully saturated rings. The van der Waals surface area contributed by atoms with Crippen molar-refractivity contribution in [2.45, 2.75) is 12.6 Å². The highest BCUT2D eigenvalue weighted by molar-refractivity contribution is 6.31. The predicted octanol–water partition coefficient (Wildman–Crippen LogP) is 4.61. The summed E-state index contributed by atoms with van der Waals surface area (Å²) in [5.41, 5.74) is 1.50. The molecule has 25 heavy (non-hydrogen) atoms. The number of carbonyl (C=O) groups is 1. The summed E-state index contributed by atoms with van der Waals surface area (Å²) < 4.78 is 43.6. The summed E-state index contributed by atoms with van der Waals surface area (Å²) in [4.78, 5) is 19.0. The number of fused-ring (bicyclic) bond motifs is 1. The van der Waals surface area contributed by atoms with Crippen LogP contribution >= 0.6 is 11.6 Å². The topological polar surface area (TPSA) is 55.0 Å². The number of halogens is 4. The average Bonchev–Trinajstić information content (AvgIpc) is 2.97. The van der Waals surface area contributed by atoms with Crippen molar-refractivity contribution in [2.24, 2.45) is 0 Å². The Kier molecular flexibility index (Phi) is 4.43. The molecule has 0 amide bonds. The van der Waals surface area contributed by atoms with Gasteiger partial charge in [-0.05, 0) is 29.8 Å². The van der Waals surface area contributed by atoms with E-state index in [0.29, 0.717) is 27.9 Å². The number of rotatable bonds is 3. The summed E-state index contributed by atoms with van der Waals surface area (Å²) in [7, 11) is 1.27. The second kappa shape index (κ2) is 6.40. The summed E-state index contributed by atoms with van der Waals surface area (Å²) in [5.74, 6) is -0.522. The van der Waals surface area contributed by atoms with Gasteiger partial charge in [0.05, 0.1) is 34.3 Å². The van der Waals surface area contributed by atoms with Crippen molar-refractivity contribution in [3.63, 3.8) is 0 Å². The number of carbonyl (C=O) groups excluding carboxylic acids is 1.